The zero-order valence-corrected chi connectivity index (χ0v) is 17.2. The number of carbonyl (C=O) groups is 1. The number of amides is 1. The van der Waals surface area contributed by atoms with E-state index in [9.17, 15) is 27.5 Å². The molecule has 0 aliphatic heterocycles. The number of pyridine rings is 1. The standard InChI is InChI=1S/C23H20F4N2O3/c1-13(14(2)30)29-21(31)16-11-20(15-4-3-5-18(24)10-15)22(28-12-16)32-19-8-6-17(7-9-19)23(25,26)27/h3-14,30H,1-2H3,(H,29,31)/t13-,14+/m0/s1. The Morgan fingerprint density at radius 1 is 1.09 bits per heavy atom. The highest BCUT2D eigenvalue weighted by atomic mass is 19.4. The Kier molecular flexibility index (Phi) is 6.78. The Morgan fingerprint density at radius 3 is 2.38 bits per heavy atom. The summed E-state index contributed by atoms with van der Waals surface area (Å²) in [6.07, 6.45) is -4.04. The number of rotatable bonds is 6. The Labute approximate surface area is 181 Å². The van der Waals surface area contributed by atoms with Crippen LogP contribution in [0.25, 0.3) is 11.1 Å². The molecule has 0 spiro atoms. The first kappa shape index (κ1) is 23.2. The average Bonchev–Trinajstić information content (AvgIpc) is 2.73. The van der Waals surface area contributed by atoms with E-state index < -0.39 is 35.6 Å². The van der Waals surface area contributed by atoms with Crippen molar-refractivity contribution in [1.29, 1.82) is 0 Å². The van der Waals surface area contributed by atoms with E-state index in [0.717, 1.165) is 24.3 Å². The number of aliphatic hydroxyl groups excluding tert-OH is 1. The van der Waals surface area contributed by atoms with E-state index in [4.69, 9.17) is 4.74 Å². The van der Waals surface area contributed by atoms with Gasteiger partial charge in [-0.15, -0.1) is 0 Å². The molecule has 0 saturated carbocycles. The first-order chi connectivity index (χ1) is 15.0. The zero-order valence-electron chi connectivity index (χ0n) is 17.2. The van der Waals surface area contributed by atoms with E-state index in [1.54, 1.807) is 13.0 Å². The van der Waals surface area contributed by atoms with Crippen molar-refractivity contribution in [1.82, 2.24) is 10.3 Å². The second kappa shape index (κ2) is 9.35. The molecule has 1 heterocycles. The van der Waals surface area contributed by atoms with Gasteiger partial charge in [0, 0.05) is 11.8 Å². The minimum absolute atomic E-state index is 0.0181. The molecule has 2 atom stereocenters. The van der Waals surface area contributed by atoms with Crippen molar-refractivity contribution in [2.45, 2.75) is 32.2 Å². The molecule has 0 aliphatic carbocycles. The molecule has 168 valence electrons. The van der Waals surface area contributed by atoms with Crippen molar-refractivity contribution < 1.29 is 32.2 Å². The fraction of sp³-hybridized carbons (Fsp3) is 0.217. The fourth-order valence-electron chi connectivity index (χ4n) is 2.75. The van der Waals surface area contributed by atoms with Gasteiger partial charge in [0.25, 0.3) is 5.91 Å². The molecule has 32 heavy (non-hydrogen) atoms. The third-order valence-electron chi connectivity index (χ3n) is 4.73. The van der Waals surface area contributed by atoms with E-state index in [2.05, 4.69) is 10.3 Å². The third kappa shape index (κ3) is 5.61. The van der Waals surface area contributed by atoms with E-state index in [-0.39, 0.29) is 22.8 Å². The van der Waals surface area contributed by atoms with Crippen LogP contribution in [0.3, 0.4) is 0 Å². The maximum Gasteiger partial charge on any atom is 0.416 e. The van der Waals surface area contributed by atoms with Crippen LogP contribution < -0.4 is 10.1 Å². The molecular formula is C23H20F4N2O3. The average molecular weight is 448 g/mol. The van der Waals surface area contributed by atoms with Crippen LogP contribution in [0.1, 0.15) is 29.8 Å². The van der Waals surface area contributed by atoms with E-state index in [0.29, 0.717) is 5.56 Å². The topological polar surface area (TPSA) is 71.5 Å². The molecular weight excluding hydrogens is 428 g/mol. The molecule has 9 heteroatoms. The van der Waals surface area contributed by atoms with Crippen molar-refractivity contribution in [3.8, 4) is 22.8 Å². The maximum absolute atomic E-state index is 13.8. The summed E-state index contributed by atoms with van der Waals surface area (Å²) in [5.41, 5.74) is -0.0710. The van der Waals surface area contributed by atoms with Gasteiger partial charge in [0.15, 0.2) is 0 Å². The zero-order chi connectivity index (χ0) is 23.5. The van der Waals surface area contributed by atoms with Gasteiger partial charge in [0.05, 0.1) is 23.3 Å². The minimum atomic E-state index is -4.48. The normalized spacial score (nSPS) is 13.3. The van der Waals surface area contributed by atoms with Crippen LogP contribution in [0.4, 0.5) is 17.6 Å². The van der Waals surface area contributed by atoms with Gasteiger partial charge < -0.3 is 15.2 Å². The lowest BCUT2D eigenvalue weighted by molar-refractivity contribution is -0.137. The molecule has 3 aromatic rings. The molecule has 2 N–H and O–H groups in total. The molecule has 1 aromatic heterocycles. The molecule has 2 aromatic carbocycles. The monoisotopic (exact) mass is 448 g/mol. The summed E-state index contributed by atoms with van der Waals surface area (Å²) in [6.45, 7) is 3.16. The van der Waals surface area contributed by atoms with Crippen molar-refractivity contribution in [3.63, 3.8) is 0 Å². The summed E-state index contributed by atoms with van der Waals surface area (Å²) in [5, 5.41) is 12.2. The van der Waals surface area contributed by atoms with E-state index >= 15 is 0 Å². The van der Waals surface area contributed by atoms with Gasteiger partial charge in [-0.2, -0.15) is 13.2 Å². The van der Waals surface area contributed by atoms with Crippen LogP contribution in [0.2, 0.25) is 0 Å². The molecule has 1 amide bonds. The molecule has 3 rings (SSSR count). The van der Waals surface area contributed by atoms with Gasteiger partial charge in [-0.25, -0.2) is 9.37 Å². The lowest BCUT2D eigenvalue weighted by Gasteiger charge is -2.17. The predicted molar refractivity (Wildman–Crippen MR) is 110 cm³/mol. The maximum atomic E-state index is 13.8. The Hall–Kier alpha value is -3.46. The summed E-state index contributed by atoms with van der Waals surface area (Å²) in [7, 11) is 0. The molecule has 0 saturated heterocycles. The van der Waals surface area contributed by atoms with Gasteiger partial charge >= 0.3 is 6.18 Å². The highest BCUT2D eigenvalue weighted by molar-refractivity contribution is 5.95. The van der Waals surface area contributed by atoms with Crippen molar-refractivity contribution >= 4 is 5.91 Å². The Balaban J connectivity index is 1.97. The molecule has 0 aliphatic rings. The second-order valence-corrected chi connectivity index (χ2v) is 7.21. The lowest BCUT2D eigenvalue weighted by atomic mass is 10.0. The third-order valence-corrected chi connectivity index (χ3v) is 4.73. The summed E-state index contributed by atoms with van der Waals surface area (Å²) < 4.78 is 57.8. The lowest BCUT2D eigenvalue weighted by Crippen LogP contribution is -2.39. The molecule has 0 fully saturated rings. The smallest absolute Gasteiger partial charge is 0.416 e. The highest BCUT2D eigenvalue weighted by Gasteiger charge is 2.30. The number of halogens is 4. The number of nitrogens with zero attached hydrogens (tertiary/aromatic N) is 1. The Bertz CT molecular complexity index is 1100. The first-order valence-electron chi connectivity index (χ1n) is 9.64. The molecule has 0 bridgehead atoms. The number of ether oxygens (including phenoxy) is 1. The van der Waals surface area contributed by atoms with Crippen LogP contribution >= 0.6 is 0 Å². The largest absolute Gasteiger partial charge is 0.438 e. The number of hydrogen-bond acceptors (Lipinski definition) is 4. The second-order valence-electron chi connectivity index (χ2n) is 7.21. The number of aliphatic hydroxyl groups is 1. The molecule has 0 radical (unpaired) electrons. The summed E-state index contributed by atoms with van der Waals surface area (Å²) in [6, 6.07) is 10.5. The minimum Gasteiger partial charge on any atom is -0.438 e. The SMILES string of the molecule is C[C@H](NC(=O)c1cnc(Oc2ccc(C(F)(F)F)cc2)c(-c2cccc(F)c2)c1)[C@@H](C)O. The van der Waals surface area contributed by atoms with Crippen molar-refractivity contribution in [2.75, 3.05) is 0 Å². The summed E-state index contributed by atoms with van der Waals surface area (Å²) in [5.74, 6) is -0.969. The Morgan fingerprint density at radius 2 is 1.78 bits per heavy atom. The van der Waals surface area contributed by atoms with Crippen LogP contribution in [0.15, 0.2) is 60.8 Å². The van der Waals surface area contributed by atoms with Gasteiger partial charge in [-0.05, 0) is 61.9 Å². The number of nitrogens with one attached hydrogen (secondary N) is 1. The van der Waals surface area contributed by atoms with E-state index in [1.165, 1.54) is 37.4 Å². The number of alkyl halides is 3. The number of carbonyl (C=O) groups excluding carboxylic acids is 1. The van der Waals surface area contributed by atoms with Gasteiger partial charge in [0.2, 0.25) is 5.88 Å². The fourth-order valence-corrected chi connectivity index (χ4v) is 2.75. The van der Waals surface area contributed by atoms with Crippen LogP contribution in [-0.4, -0.2) is 28.1 Å². The predicted octanol–water partition coefficient (Wildman–Crippen LogP) is 5.20. The quantitative estimate of drug-likeness (QED) is 0.509. The van der Waals surface area contributed by atoms with Gasteiger partial charge in [-0.1, -0.05) is 12.1 Å². The number of hydrogen-bond donors (Lipinski definition) is 2. The van der Waals surface area contributed by atoms with Crippen LogP contribution in [0, 0.1) is 5.82 Å². The summed E-state index contributed by atoms with van der Waals surface area (Å²) in [4.78, 5) is 16.7. The summed E-state index contributed by atoms with van der Waals surface area (Å²) >= 11 is 0. The van der Waals surface area contributed by atoms with Crippen molar-refractivity contribution in [2.24, 2.45) is 0 Å². The van der Waals surface area contributed by atoms with Crippen molar-refractivity contribution in [3.05, 3.63) is 77.7 Å². The number of benzene rings is 2. The molecule has 0 unspecified atom stereocenters. The van der Waals surface area contributed by atoms with Crippen LogP contribution in [-0.2, 0) is 6.18 Å². The van der Waals surface area contributed by atoms with Crippen LogP contribution in [0.5, 0.6) is 11.6 Å². The van der Waals surface area contributed by atoms with Gasteiger partial charge in [-0.3, -0.25) is 4.79 Å². The van der Waals surface area contributed by atoms with E-state index in [1.807, 2.05) is 0 Å². The molecule has 5 nitrogen and oxygen atoms in total. The number of aromatic nitrogens is 1. The highest BCUT2D eigenvalue weighted by Crippen LogP contribution is 2.35. The van der Waals surface area contributed by atoms with Gasteiger partial charge in [0.1, 0.15) is 11.6 Å². The first-order valence-corrected chi connectivity index (χ1v) is 9.64.